The maximum Gasteiger partial charge on any atom is 0.120 e. The van der Waals surface area contributed by atoms with Crippen molar-refractivity contribution in [2.24, 2.45) is 0 Å². The lowest BCUT2D eigenvalue weighted by atomic mass is 10.1. The molecule has 1 rings (SSSR count). The molecule has 0 saturated heterocycles. The molecule has 0 bridgehead atoms. The zero-order valence-electron chi connectivity index (χ0n) is 8.33. The van der Waals surface area contributed by atoms with Gasteiger partial charge in [-0.1, -0.05) is 23.8 Å². The lowest BCUT2D eigenvalue weighted by Gasteiger charge is -2.05. The monoisotopic (exact) mass is 184 g/mol. The minimum absolute atomic E-state index is 0.799. The van der Waals surface area contributed by atoms with E-state index in [4.69, 9.17) is 6.42 Å². The predicted molar refractivity (Wildman–Crippen MR) is 57.6 cm³/mol. The highest BCUT2D eigenvalue weighted by molar-refractivity contribution is 5.43. The molecule has 1 N–H and O–H groups in total. The van der Waals surface area contributed by atoms with Gasteiger partial charge in [-0.15, -0.1) is 6.42 Å². The SMILES string of the molecule is C#Cc1cccc(C#CC(C)(C)O)c1. The van der Waals surface area contributed by atoms with Gasteiger partial charge in [-0.25, -0.2) is 0 Å². The molecule has 14 heavy (non-hydrogen) atoms. The number of rotatable bonds is 0. The molecule has 0 unspecified atom stereocenters. The molecule has 0 aliphatic rings. The minimum atomic E-state index is -0.966. The Bertz CT molecular complexity index is 419. The lowest BCUT2D eigenvalue weighted by Crippen LogP contribution is -2.14. The quantitative estimate of drug-likeness (QED) is 0.609. The number of benzene rings is 1. The smallest absolute Gasteiger partial charge is 0.120 e. The average molecular weight is 184 g/mol. The summed E-state index contributed by atoms with van der Waals surface area (Å²) in [4.78, 5) is 0. The van der Waals surface area contributed by atoms with Gasteiger partial charge >= 0.3 is 0 Å². The van der Waals surface area contributed by atoms with Gasteiger partial charge in [0.1, 0.15) is 5.60 Å². The van der Waals surface area contributed by atoms with Gasteiger partial charge in [0.25, 0.3) is 0 Å². The molecule has 0 aliphatic carbocycles. The van der Waals surface area contributed by atoms with Crippen molar-refractivity contribution in [2.45, 2.75) is 19.4 Å². The molecule has 0 fully saturated rings. The zero-order chi connectivity index (χ0) is 10.6. The van der Waals surface area contributed by atoms with Gasteiger partial charge in [0.2, 0.25) is 0 Å². The number of aliphatic hydroxyl groups is 1. The van der Waals surface area contributed by atoms with Crippen molar-refractivity contribution in [3.8, 4) is 24.2 Å². The molecule has 1 heteroatoms. The molecule has 70 valence electrons. The van der Waals surface area contributed by atoms with E-state index < -0.39 is 5.60 Å². The van der Waals surface area contributed by atoms with Crippen molar-refractivity contribution in [1.29, 1.82) is 0 Å². The largest absolute Gasteiger partial charge is 0.378 e. The second kappa shape index (κ2) is 4.01. The van der Waals surface area contributed by atoms with Crippen LogP contribution in [-0.4, -0.2) is 10.7 Å². The van der Waals surface area contributed by atoms with E-state index in [2.05, 4.69) is 17.8 Å². The van der Waals surface area contributed by atoms with Crippen LogP contribution >= 0.6 is 0 Å². The van der Waals surface area contributed by atoms with Crippen molar-refractivity contribution in [2.75, 3.05) is 0 Å². The molecule has 0 spiro atoms. The van der Waals surface area contributed by atoms with Gasteiger partial charge in [-0.2, -0.15) is 0 Å². The maximum absolute atomic E-state index is 9.39. The van der Waals surface area contributed by atoms with Crippen molar-refractivity contribution in [1.82, 2.24) is 0 Å². The highest BCUT2D eigenvalue weighted by atomic mass is 16.3. The van der Waals surface area contributed by atoms with Crippen LogP contribution in [0.3, 0.4) is 0 Å². The second-order valence-electron chi connectivity index (χ2n) is 3.53. The van der Waals surface area contributed by atoms with E-state index in [1.54, 1.807) is 13.8 Å². The van der Waals surface area contributed by atoms with Crippen molar-refractivity contribution in [3.05, 3.63) is 35.4 Å². The van der Waals surface area contributed by atoms with Gasteiger partial charge in [0, 0.05) is 11.1 Å². The van der Waals surface area contributed by atoms with Crippen LogP contribution < -0.4 is 0 Å². The third-order valence-corrected chi connectivity index (χ3v) is 1.54. The van der Waals surface area contributed by atoms with Crippen LogP contribution in [0.2, 0.25) is 0 Å². The third-order valence-electron chi connectivity index (χ3n) is 1.54. The van der Waals surface area contributed by atoms with Crippen LogP contribution in [0, 0.1) is 24.2 Å². The van der Waals surface area contributed by atoms with E-state index in [0.29, 0.717) is 0 Å². The number of terminal acetylenes is 1. The third kappa shape index (κ3) is 3.35. The lowest BCUT2D eigenvalue weighted by molar-refractivity contribution is 0.143. The van der Waals surface area contributed by atoms with E-state index in [1.807, 2.05) is 24.3 Å². The Morgan fingerprint density at radius 3 is 2.50 bits per heavy atom. The average Bonchev–Trinajstić information content (AvgIpc) is 2.14. The molecular weight excluding hydrogens is 172 g/mol. The summed E-state index contributed by atoms with van der Waals surface area (Å²) >= 11 is 0. The number of hydrogen-bond donors (Lipinski definition) is 1. The van der Waals surface area contributed by atoms with Gasteiger partial charge in [0.15, 0.2) is 0 Å². The summed E-state index contributed by atoms with van der Waals surface area (Å²) in [5.41, 5.74) is 0.654. The Morgan fingerprint density at radius 2 is 1.93 bits per heavy atom. The molecule has 0 atom stereocenters. The number of hydrogen-bond acceptors (Lipinski definition) is 1. The van der Waals surface area contributed by atoms with Crippen LogP contribution in [0.5, 0.6) is 0 Å². The second-order valence-corrected chi connectivity index (χ2v) is 3.53. The van der Waals surface area contributed by atoms with E-state index in [-0.39, 0.29) is 0 Å². The fraction of sp³-hybridized carbons (Fsp3) is 0.231. The first kappa shape index (κ1) is 10.4. The van der Waals surface area contributed by atoms with Gasteiger partial charge in [-0.05, 0) is 32.0 Å². The van der Waals surface area contributed by atoms with E-state index >= 15 is 0 Å². The molecule has 0 amide bonds. The molecule has 1 aromatic rings. The van der Waals surface area contributed by atoms with E-state index in [1.165, 1.54) is 0 Å². The highest BCUT2D eigenvalue weighted by Gasteiger charge is 2.05. The van der Waals surface area contributed by atoms with Crippen LogP contribution in [-0.2, 0) is 0 Å². The summed E-state index contributed by atoms with van der Waals surface area (Å²) in [6.45, 7) is 3.29. The highest BCUT2D eigenvalue weighted by Crippen LogP contribution is 2.04. The fourth-order valence-corrected chi connectivity index (χ4v) is 0.912. The van der Waals surface area contributed by atoms with Crippen LogP contribution in [0.1, 0.15) is 25.0 Å². The first-order valence-corrected chi connectivity index (χ1v) is 4.33. The molecule has 0 aliphatic heterocycles. The molecule has 0 radical (unpaired) electrons. The summed E-state index contributed by atoms with van der Waals surface area (Å²) in [5, 5.41) is 9.39. The van der Waals surface area contributed by atoms with Gasteiger partial charge < -0.3 is 5.11 Å². The Balaban J connectivity index is 2.98. The molecule has 0 saturated carbocycles. The molecule has 1 aromatic carbocycles. The Labute approximate surface area is 84.8 Å². The Hall–Kier alpha value is -1.70. The van der Waals surface area contributed by atoms with Crippen LogP contribution in [0.4, 0.5) is 0 Å². The summed E-state index contributed by atoms with van der Waals surface area (Å²) in [6.07, 6.45) is 5.25. The minimum Gasteiger partial charge on any atom is -0.378 e. The molecule has 0 heterocycles. The van der Waals surface area contributed by atoms with Crippen molar-refractivity contribution in [3.63, 3.8) is 0 Å². The summed E-state index contributed by atoms with van der Waals surface area (Å²) < 4.78 is 0. The summed E-state index contributed by atoms with van der Waals surface area (Å²) in [6, 6.07) is 7.37. The van der Waals surface area contributed by atoms with E-state index in [9.17, 15) is 5.11 Å². The van der Waals surface area contributed by atoms with Gasteiger partial charge in [-0.3, -0.25) is 0 Å². The van der Waals surface area contributed by atoms with Crippen LogP contribution in [0.25, 0.3) is 0 Å². The Kier molecular flexibility index (Phi) is 2.97. The summed E-state index contributed by atoms with van der Waals surface area (Å²) in [5.74, 6) is 8.12. The fourth-order valence-electron chi connectivity index (χ4n) is 0.912. The topological polar surface area (TPSA) is 20.2 Å². The molecular formula is C13H12O. The van der Waals surface area contributed by atoms with Crippen molar-refractivity contribution >= 4 is 0 Å². The normalized spacial score (nSPS) is 9.86. The maximum atomic E-state index is 9.39. The summed E-state index contributed by atoms with van der Waals surface area (Å²) in [7, 11) is 0. The first-order chi connectivity index (χ1) is 6.51. The van der Waals surface area contributed by atoms with Gasteiger partial charge in [0.05, 0.1) is 0 Å². The zero-order valence-corrected chi connectivity index (χ0v) is 8.33. The standard InChI is InChI=1S/C13H12O/c1-4-11-6-5-7-12(10-11)8-9-13(2,3)14/h1,5-7,10,14H,2-3H3. The molecule has 0 aromatic heterocycles. The first-order valence-electron chi connectivity index (χ1n) is 4.33. The van der Waals surface area contributed by atoms with Crippen molar-refractivity contribution < 1.29 is 5.11 Å². The van der Waals surface area contributed by atoms with E-state index in [0.717, 1.165) is 11.1 Å². The predicted octanol–water partition coefficient (Wildman–Crippen LogP) is 1.79. The van der Waals surface area contributed by atoms with Crippen LogP contribution in [0.15, 0.2) is 24.3 Å². The Morgan fingerprint density at radius 1 is 1.29 bits per heavy atom. The molecule has 1 nitrogen and oxygen atoms in total.